The predicted molar refractivity (Wildman–Crippen MR) is 81.2 cm³/mol. The number of benzene rings is 2. The number of hydrogen-bond donors (Lipinski definition) is 1. The Morgan fingerprint density at radius 2 is 1.89 bits per heavy atom. The van der Waals surface area contributed by atoms with Crippen molar-refractivity contribution >= 4 is 39.1 Å². The van der Waals surface area contributed by atoms with Crippen LogP contribution in [-0.2, 0) is 0 Å². The summed E-state index contributed by atoms with van der Waals surface area (Å²) in [5.41, 5.74) is 1.19. The lowest BCUT2D eigenvalue weighted by molar-refractivity contribution is 0.220. The number of rotatable bonds is 3. The molecule has 1 unspecified atom stereocenters. The van der Waals surface area contributed by atoms with E-state index in [2.05, 4.69) is 15.9 Å². The van der Waals surface area contributed by atoms with Gasteiger partial charge in [-0.25, -0.2) is 0 Å². The highest BCUT2D eigenvalue weighted by Crippen LogP contribution is 2.36. The SMILES string of the molecule is COc1ccc(C(O)c2cccc(Br)c2Cl)c(Cl)c1. The average molecular weight is 362 g/mol. The molecule has 0 radical (unpaired) electrons. The van der Waals surface area contributed by atoms with E-state index in [0.29, 0.717) is 26.9 Å². The molecule has 19 heavy (non-hydrogen) atoms. The molecule has 0 amide bonds. The minimum Gasteiger partial charge on any atom is -0.497 e. The quantitative estimate of drug-likeness (QED) is 0.846. The fourth-order valence-electron chi connectivity index (χ4n) is 1.76. The molecule has 1 atom stereocenters. The van der Waals surface area contributed by atoms with Crippen LogP contribution in [0, 0.1) is 0 Å². The molecule has 2 rings (SSSR count). The Morgan fingerprint density at radius 1 is 1.16 bits per heavy atom. The molecule has 0 heterocycles. The third-order valence-electron chi connectivity index (χ3n) is 2.78. The Bertz CT molecular complexity index is 602. The summed E-state index contributed by atoms with van der Waals surface area (Å²) in [6.45, 7) is 0. The van der Waals surface area contributed by atoms with Crippen molar-refractivity contribution in [2.24, 2.45) is 0 Å². The van der Waals surface area contributed by atoms with Gasteiger partial charge in [-0.05, 0) is 34.1 Å². The van der Waals surface area contributed by atoms with Crippen LogP contribution >= 0.6 is 39.1 Å². The third kappa shape index (κ3) is 3.06. The van der Waals surface area contributed by atoms with E-state index in [4.69, 9.17) is 27.9 Å². The van der Waals surface area contributed by atoms with Crippen molar-refractivity contribution in [1.29, 1.82) is 0 Å². The van der Waals surface area contributed by atoms with E-state index >= 15 is 0 Å². The minimum atomic E-state index is -0.886. The second-order valence-electron chi connectivity index (χ2n) is 3.93. The van der Waals surface area contributed by atoms with Crippen LogP contribution in [0.15, 0.2) is 40.9 Å². The zero-order chi connectivity index (χ0) is 14.0. The topological polar surface area (TPSA) is 29.5 Å². The lowest BCUT2D eigenvalue weighted by Crippen LogP contribution is -2.02. The molecular weight excluding hydrogens is 351 g/mol. The molecule has 0 bridgehead atoms. The van der Waals surface area contributed by atoms with Crippen LogP contribution in [0.3, 0.4) is 0 Å². The summed E-state index contributed by atoms with van der Waals surface area (Å²) < 4.78 is 5.81. The van der Waals surface area contributed by atoms with Crippen molar-refractivity contribution in [3.8, 4) is 5.75 Å². The molecule has 0 saturated heterocycles. The van der Waals surface area contributed by atoms with E-state index in [1.807, 2.05) is 12.1 Å². The number of methoxy groups -OCH3 is 1. The van der Waals surface area contributed by atoms with Crippen molar-refractivity contribution in [2.45, 2.75) is 6.10 Å². The van der Waals surface area contributed by atoms with Gasteiger partial charge in [0.1, 0.15) is 11.9 Å². The van der Waals surface area contributed by atoms with E-state index in [9.17, 15) is 5.11 Å². The van der Waals surface area contributed by atoms with Gasteiger partial charge < -0.3 is 9.84 Å². The summed E-state index contributed by atoms with van der Waals surface area (Å²) in [6.07, 6.45) is -0.886. The lowest BCUT2D eigenvalue weighted by atomic mass is 10.0. The van der Waals surface area contributed by atoms with E-state index < -0.39 is 6.10 Å². The van der Waals surface area contributed by atoms with E-state index in [0.717, 1.165) is 4.47 Å². The monoisotopic (exact) mass is 360 g/mol. The first-order valence-corrected chi connectivity index (χ1v) is 7.05. The van der Waals surface area contributed by atoms with Crippen LogP contribution in [0.5, 0.6) is 5.75 Å². The summed E-state index contributed by atoms with van der Waals surface area (Å²) in [4.78, 5) is 0. The Morgan fingerprint density at radius 3 is 2.53 bits per heavy atom. The second-order valence-corrected chi connectivity index (χ2v) is 5.57. The van der Waals surface area contributed by atoms with E-state index in [-0.39, 0.29) is 0 Å². The standard InChI is InChI=1S/C14H11BrCl2O2/c1-19-8-5-6-9(12(16)7-8)14(18)10-3-2-4-11(15)13(10)17/h2-7,14,18H,1H3. The maximum Gasteiger partial charge on any atom is 0.120 e. The molecule has 0 aromatic heterocycles. The largest absolute Gasteiger partial charge is 0.497 e. The number of halogens is 3. The Balaban J connectivity index is 2.44. The van der Waals surface area contributed by atoms with Gasteiger partial charge in [-0.1, -0.05) is 41.4 Å². The van der Waals surface area contributed by atoms with Crippen molar-refractivity contribution in [2.75, 3.05) is 7.11 Å². The molecule has 0 aliphatic carbocycles. The number of aliphatic hydroxyl groups excluding tert-OH is 1. The highest BCUT2D eigenvalue weighted by molar-refractivity contribution is 9.10. The van der Waals surface area contributed by atoms with Gasteiger partial charge in [-0.15, -0.1) is 0 Å². The molecule has 0 aliphatic rings. The molecule has 2 nitrogen and oxygen atoms in total. The van der Waals surface area contributed by atoms with Crippen LogP contribution in [-0.4, -0.2) is 12.2 Å². The smallest absolute Gasteiger partial charge is 0.120 e. The van der Waals surface area contributed by atoms with E-state index in [1.165, 1.54) is 0 Å². The van der Waals surface area contributed by atoms with Gasteiger partial charge in [-0.3, -0.25) is 0 Å². The van der Waals surface area contributed by atoms with Crippen LogP contribution in [0.1, 0.15) is 17.2 Å². The van der Waals surface area contributed by atoms with Gasteiger partial charge in [0.15, 0.2) is 0 Å². The molecule has 5 heteroatoms. The zero-order valence-electron chi connectivity index (χ0n) is 10.0. The Kier molecular flexibility index (Phi) is 4.74. The highest BCUT2D eigenvalue weighted by Gasteiger charge is 2.18. The van der Waals surface area contributed by atoms with Crippen LogP contribution in [0.4, 0.5) is 0 Å². The molecular formula is C14H11BrCl2O2. The summed E-state index contributed by atoms with van der Waals surface area (Å²) in [6, 6.07) is 10.5. The molecule has 0 saturated carbocycles. The van der Waals surface area contributed by atoms with Gasteiger partial charge in [0.25, 0.3) is 0 Å². The zero-order valence-corrected chi connectivity index (χ0v) is 13.1. The first-order valence-electron chi connectivity index (χ1n) is 5.50. The number of hydrogen-bond acceptors (Lipinski definition) is 2. The highest BCUT2D eigenvalue weighted by atomic mass is 79.9. The molecule has 1 N–H and O–H groups in total. The first-order chi connectivity index (χ1) is 9.04. The van der Waals surface area contributed by atoms with Crippen molar-refractivity contribution < 1.29 is 9.84 Å². The molecule has 0 spiro atoms. The van der Waals surface area contributed by atoms with Gasteiger partial charge >= 0.3 is 0 Å². The number of aliphatic hydroxyl groups is 1. The fourth-order valence-corrected chi connectivity index (χ4v) is 2.64. The maximum atomic E-state index is 10.4. The maximum absolute atomic E-state index is 10.4. The van der Waals surface area contributed by atoms with Gasteiger partial charge in [-0.2, -0.15) is 0 Å². The fraction of sp³-hybridized carbons (Fsp3) is 0.143. The molecule has 0 aliphatic heterocycles. The average Bonchev–Trinajstić information content (AvgIpc) is 2.41. The molecule has 100 valence electrons. The van der Waals surface area contributed by atoms with E-state index in [1.54, 1.807) is 31.4 Å². The minimum absolute atomic E-state index is 0.433. The van der Waals surface area contributed by atoms with Crippen LogP contribution in [0.2, 0.25) is 10.0 Å². The third-order valence-corrected chi connectivity index (χ3v) is 4.42. The van der Waals surface area contributed by atoms with Gasteiger partial charge in [0.05, 0.1) is 17.2 Å². The molecule has 2 aromatic carbocycles. The second kappa shape index (κ2) is 6.14. The normalized spacial score (nSPS) is 12.3. The van der Waals surface area contributed by atoms with Crippen molar-refractivity contribution in [3.63, 3.8) is 0 Å². The molecule has 2 aromatic rings. The summed E-state index contributed by atoms with van der Waals surface area (Å²) in [5.74, 6) is 0.640. The predicted octanol–water partition coefficient (Wildman–Crippen LogP) is 4.85. The molecule has 0 fully saturated rings. The van der Waals surface area contributed by atoms with Gasteiger partial charge in [0.2, 0.25) is 0 Å². The summed E-state index contributed by atoms with van der Waals surface area (Å²) in [5, 5.41) is 11.3. The Labute approximate surface area is 130 Å². The Hall–Kier alpha value is -0.740. The van der Waals surface area contributed by atoms with Crippen LogP contribution < -0.4 is 4.74 Å². The van der Waals surface area contributed by atoms with Crippen molar-refractivity contribution in [3.05, 3.63) is 62.0 Å². The summed E-state index contributed by atoms with van der Waals surface area (Å²) >= 11 is 15.7. The first kappa shape index (κ1) is 14.7. The lowest BCUT2D eigenvalue weighted by Gasteiger charge is -2.16. The van der Waals surface area contributed by atoms with Crippen LogP contribution in [0.25, 0.3) is 0 Å². The number of ether oxygens (including phenoxy) is 1. The summed E-state index contributed by atoms with van der Waals surface area (Å²) in [7, 11) is 1.56. The van der Waals surface area contributed by atoms with Crippen molar-refractivity contribution in [1.82, 2.24) is 0 Å². The van der Waals surface area contributed by atoms with Gasteiger partial charge in [0, 0.05) is 15.6 Å².